The van der Waals surface area contributed by atoms with E-state index in [0.29, 0.717) is 33.9 Å². The van der Waals surface area contributed by atoms with E-state index in [1.165, 1.54) is 17.8 Å². The molecule has 9 heteroatoms. The Balaban J connectivity index is 1.69. The van der Waals surface area contributed by atoms with E-state index in [2.05, 4.69) is 27.1 Å². The van der Waals surface area contributed by atoms with Gasteiger partial charge in [0.1, 0.15) is 17.0 Å². The molecule has 8 nitrogen and oxygen atoms in total. The second kappa shape index (κ2) is 9.20. The lowest BCUT2D eigenvalue weighted by atomic mass is 10.0. The number of nitrogens with one attached hydrogen (secondary N) is 1. The molecule has 4 rings (SSSR count). The van der Waals surface area contributed by atoms with Gasteiger partial charge in [0, 0.05) is 30.4 Å². The molecule has 0 bridgehead atoms. The highest BCUT2D eigenvalue weighted by atomic mass is 32.1. The van der Waals surface area contributed by atoms with Gasteiger partial charge in [-0.2, -0.15) is 0 Å². The second-order valence-electron chi connectivity index (χ2n) is 7.84. The van der Waals surface area contributed by atoms with Gasteiger partial charge < -0.3 is 24.4 Å². The van der Waals surface area contributed by atoms with Crippen molar-refractivity contribution in [3.8, 4) is 17.2 Å². The summed E-state index contributed by atoms with van der Waals surface area (Å²) in [6.45, 7) is 5.16. The lowest BCUT2D eigenvalue weighted by Crippen LogP contribution is -2.38. The molecule has 170 valence electrons. The highest BCUT2D eigenvalue weighted by Crippen LogP contribution is 2.41. The minimum atomic E-state index is -0.211. The number of thiophene rings is 1. The van der Waals surface area contributed by atoms with Crippen molar-refractivity contribution in [3.05, 3.63) is 28.9 Å². The van der Waals surface area contributed by atoms with Crippen LogP contribution in [0.15, 0.2) is 18.5 Å². The van der Waals surface area contributed by atoms with E-state index in [9.17, 15) is 4.79 Å². The lowest BCUT2D eigenvalue weighted by Gasteiger charge is -2.34. The maximum Gasteiger partial charge on any atom is 0.266 e. The molecule has 0 aliphatic carbocycles. The molecule has 0 radical (unpaired) electrons. The molecule has 3 aromatic rings. The van der Waals surface area contributed by atoms with Crippen LogP contribution in [-0.2, 0) is 0 Å². The van der Waals surface area contributed by atoms with Crippen molar-refractivity contribution >= 4 is 39.0 Å². The number of nitrogens with zero attached hydrogens (tertiary/aromatic N) is 3. The van der Waals surface area contributed by atoms with Crippen LogP contribution in [0.4, 0.5) is 11.5 Å². The average Bonchev–Trinajstić information content (AvgIpc) is 3.15. The summed E-state index contributed by atoms with van der Waals surface area (Å²) < 4.78 is 16.1. The normalized spacial score (nSPS) is 16.2. The minimum Gasteiger partial charge on any atom is -0.493 e. The number of anilines is 2. The molecule has 32 heavy (non-hydrogen) atoms. The number of piperidine rings is 1. The molecular weight excluding hydrogens is 428 g/mol. The number of aromatic nitrogens is 2. The van der Waals surface area contributed by atoms with E-state index < -0.39 is 0 Å². The SMILES string of the molecule is COc1cc(NC(=O)c2sc3ncnc(N4CCCCC4C)c3c2C)cc(OC)c1OC. The van der Waals surface area contributed by atoms with Crippen molar-refractivity contribution in [2.45, 2.75) is 39.2 Å². The Morgan fingerprint density at radius 1 is 1.12 bits per heavy atom. The van der Waals surface area contributed by atoms with Crippen LogP contribution >= 0.6 is 11.3 Å². The van der Waals surface area contributed by atoms with Crippen molar-refractivity contribution in [1.29, 1.82) is 0 Å². The first-order valence-electron chi connectivity index (χ1n) is 10.6. The summed E-state index contributed by atoms with van der Waals surface area (Å²) in [5.74, 6) is 2.13. The van der Waals surface area contributed by atoms with Gasteiger partial charge in [-0.05, 0) is 38.7 Å². The molecule has 3 heterocycles. The summed E-state index contributed by atoms with van der Waals surface area (Å²) in [4.78, 5) is 26.1. The lowest BCUT2D eigenvalue weighted by molar-refractivity contribution is 0.103. The smallest absolute Gasteiger partial charge is 0.266 e. The summed E-state index contributed by atoms with van der Waals surface area (Å²) >= 11 is 1.38. The average molecular weight is 457 g/mol. The number of benzene rings is 1. The highest BCUT2D eigenvalue weighted by molar-refractivity contribution is 7.20. The van der Waals surface area contributed by atoms with E-state index in [0.717, 1.165) is 41.0 Å². The topological polar surface area (TPSA) is 85.8 Å². The third-order valence-corrected chi connectivity index (χ3v) is 7.11. The van der Waals surface area contributed by atoms with Crippen molar-refractivity contribution in [2.24, 2.45) is 0 Å². The third kappa shape index (κ3) is 3.92. The molecule has 0 saturated carbocycles. The van der Waals surface area contributed by atoms with Crippen molar-refractivity contribution in [3.63, 3.8) is 0 Å². The van der Waals surface area contributed by atoms with Crippen molar-refractivity contribution in [1.82, 2.24) is 9.97 Å². The standard InChI is InChI=1S/C23H28N4O4S/c1-13-8-6-7-9-27(13)21-18-14(2)20(32-23(18)25-12-24-21)22(28)26-15-10-16(29-3)19(31-5)17(11-15)30-4/h10-13H,6-9H2,1-5H3,(H,26,28). The molecule has 2 aromatic heterocycles. The van der Waals surface area contributed by atoms with Crippen LogP contribution in [0.1, 0.15) is 41.4 Å². The maximum absolute atomic E-state index is 13.2. The highest BCUT2D eigenvalue weighted by Gasteiger charge is 2.26. The van der Waals surface area contributed by atoms with Gasteiger partial charge >= 0.3 is 0 Å². The van der Waals surface area contributed by atoms with Gasteiger partial charge in [-0.1, -0.05) is 0 Å². The zero-order chi connectivity index (χ0) is 22.8. The van der Waals surface area contributed by atoms with E-state index in [-0.39, 0.29) is 5.91 Å². The number of carbonyl (C=O) groups excluding carboxylic acids is 1. The largest absolute Gasteiger partial charge is 0.493 e. The monoisotopic (exact) mass is 456 g/mol. The van der Waals surface area contributed by atoms with Gasteiger partial charge in [0.2, 0.25) is 5.75 Å². The van der Waals surface area contributed by atoms with Crippen LogP contribution in [-0.4, -0.2) is 49.8 Å². The molecule has 0 spiro atoms. The molecule has 1 atom stereocenters. The van der Waals surface area contributed by atoms with Gasteiger partial charge in [-0.3, -0.25) is 4.79 Å². The number of hydrogen-bond acceptors (Lipinski definition) is 8. The zero-order valence-corrected chi connectivity index (χ0v) is 19.8. The number of hydrogen-bond donors (Lipinski definition) is 1. The molecule has 1 saturated heterocycles. The Kier molecular flexibility index (Phi) is 6.36. The van der Waals surface area contributed by atoms with Crippen LogP contribution < -0.4 is 24.4 Å². The van der Waals surface area contributed by atoms with Crippen molar-refractivity contribution < 1.29 is 19.0 Å². The predicted octanol–water partition coefficient (Wildman–Crippen LogP) is 4.66. The van der Waals surface area contributed by atoms with Crippen molar-refractivity contribution in [2.75, 3.05) is 38.1 Å². The van der Waals surface area contributed by atoms with Gasteiger partial charge in [0.15, 0.2) is 11.5 Å². The van der Waals surface area contributed by atoms with E-state index in [1.54, 1.807) is 39.8 Å². The Hall–Kier alpha value is -3.07. The molecule has 1 unspecified atom stereocenters. The zero-order valence-electron chi connectivity index (χ0n) is 19.0. The fourth-order valence-corrected chi connectivity index (χ4v) is 5.28. The number of aryl methyl sites for hydroxylation is 1. The predicted molar refractivity (Wildman–Crippen MR) is 127 cm³/mol. The van der Waals surface area contributed by atoms with Gasteiger partial charge in [-0.25, -0.2) is 9.97 Å². The quantitative estimate of drug-likeness (QED) is 0.577. The molecule has 1 amide bonds. The van der Waals surface area contributed by atoms with Crippen LogP contribution in [0, 0.1) is 6.92 Å². The van der Waals surface area contributed by atoms with Crippen LogP contribution in [0.25, 0.3) is 10.2 Å². The van der Waals surface area contributed by atoms with Crippen LogP contribution in [0.2, 0.25) is 0 Å². The Morgan fingerprint density at radius 3 is 2.47 bits per heavy atom. The number of rotatable bonds is 6. The first-order chi connectivity index (χ1) is 15.5. The third-order valence-electron chi connectivity index (χ3n) is 5.91. The van der Waals surface area contributed by atoms with E-state index >= 15 is 0 Å². The summed E-state index contributed by atoms with van der Waals surface area (Å²) in [6, 6.07) is 3.84. The molecular formula is C23H28N4O4S. The summed E-state index contributed by atoms with van der Waals surface area (Å²) in [5, 5.41) is 3.92. The summed E-state index contributed by atoms with van der Waals surface area (Å²) in [5.41, 5.74) is 1.45. The number of amides is 1. The van der Waals surface area contributed by atoms with Gasteiger partial charge in [0.25, 0.3) is 5.91 Å². The summed E-state index contributed by atoms with van der Waals surface area (Å²) in [6.07, 6.45) is 5.11. The maximum atomic E-state index is 13.2. The number of methoxy groups -OCH3 is 3. The van der Waals surface area contributed by atoms with Crippen LogP contribution in [0.5, 0.6) is 17.2 Å². The van der Waals surface area contributed by atoms with E-state index in [4.69, 9.17) is 14.2 Å². The molecule has 1 aliphatic rings. The van der Waals surface area contributed by atoms with Gasteiger partial charge in [-0.15, -0.1) is 11.3 Å². The van der Waals surface area contributed by atoms with Gasteiger partial charge in [0.05, 0.1) is 31.6 Å². The molecule has 1 aromatic carbocycles. The molecule has 1 N–H and O–H groups in total. The summed E-state index contributed by atoms with van der Waals surface area (Å²) in [7, 11) is 4.63. The molecule has 1 fully saturated rings. The van der Waals surface area contributed by atoms with Crippen LogP contribution in [0.3, 0.4) is 0 Å². The Labute approximate surface area is 191 Å². The minimum absolute atomic E-state index is 0.211. The first-order valence-corrected chi connectivity index (χ1v) is 11.4. The number of fused-ring (bicyclic) bond motifs is 1. The fraction of sp³-hybridized carbons (Fsp3) is 0.435. The molecule has 1 aliphatic heterocycles. The number of ether oxygens (including phenoxy) is 3. The first kappa shape index (κ1) is 22.1. The van der Waals surface area contributed by atoms with E-state index in [1.807, 2.05) is 6.92 Å². The number of carbonyl (C=O) groups is 1. The second-order valence-corrected chi connectivity index (χ2v) is 8.84. The Bertz CT molecular complexity index is 1120. The fourth-order valence-electron chi connectivity index (χ4n) is 4.24. The Morgan fingerprint density at radius 2 is 1.84 bits per heavy atom.